The van der Waals surface area contributed by atoms with Crippen molar-refractivity contribution in [1.82, 2.24) is 14.5 Å². The van der Waals surface area contributed by atoms with Crippen LogP contribution >= 0.6 is 23.2 Å². The Hall–Kier alpha value is -2.69. The highest BCUT2D eigenvalue weighted by atomic mass is 35.5. The first-order chi connectivity index (χ1) is 12.5. The summed E-state index contributed by atoms with van der Waals surface area (Å²) in [5.41, 5.74) is 1.81. The second-order valence-corrected chi connectivity index (χ2v) is 6.70. The van der Waals surface area contributed by atoms with E-state index in [9.17, 15) is 4.79 Å². The number of aryl methyl sites for hydroxylation is 1. The fraction of sp³-hybridized carbons (Fsp3) is 0.0500. The Morgan fingerprint density at radius 2 is 1.73 bits per heavy atom. The van der Waals surface area contributed by atoms with E-state index in [1.165, 1.54) is 4.57 Å². The molecule has 2 aromatic carbocycles. The predicted octanol–water partition coefficient (Wildman–Crippen LogP) is 5.06. The van der Waals surface area contributed by atoms with Gasteiger partial charge < -0.3 is 0 Å². The molecular formula is C20H13Cl2N3O. The molecule has 0 saturated heterocycles. The first kappa shape index (κ1) is 16.8. The molecule has 0 aliphatic heterocycles. The standard InChI is InChI=1S/C20H13Cl2N3O/c1-12-5-4-8-18(23-12)25-19(14-10-9-13(21)11-16(14)22)24-17-7-3-2-6-15(17)20(25)26/h2-11H,1H3. The molecule has 0 atom stereocenters. The van der Waals surface area contributed by atoms with E-state index >= 15 is 0 Å². The SMILES string of the molecule is Cc1cccc(-n2c(-c3ccc(Cl)cc3Cl)nc3ccccc3c2=O)n1. The Bertz CT molecular complexity index is 1200. The molecule has 2 heterocycles. The summed E-state index contributed by atoms with van der Waals surface area (Å²) >= 11 is 12.4. The molecule has 128 valence electrons. The number of aromatic nitrogens is 3. The smallest absolute Gasteiger partial charge is 0.267 e. The zero-order chi connectivity index (χ0) is 18.3. The minimum Gasteiger partial charge on any atom is -0.268 e. The van der Waals surface area contributed by atoms with Crippen LogP contribution in [0.2, 0.25) is 10.0 Å². The molecule has 0 unspecified atom stereocenters. The molecule has 0 amide bonds. The number of hydrogen-bond donors (Lipinski definition) is 0. The van der Waals surface area contributed by atoms with Crippen molar-refractivity contribution in [1.29, 1.82) is 0 Å². The highest BCUT2D eigenvalue weighted by Gasteiger charge is 2.17. The van der Waals surface area contributed by atoms with Gasteiger partial charge in [0.15, 0.2) is 5.82 Å². The monoisotopic (exact) mass is 381 g/mol. The third-order valence-corrected chi connectivity index (χ3v) is 4.60. The van der Waals surface area contributed by atoms with Gasteiger partial charge in [-0.1, -0.05) is 41.4 Å². The van der Waals surface area contributed by atoms with Crippen LogP contribution in [-0.2, 0) is 0 Å². The number of pyridine rings is 1. The molecule has 4 rings (SSSR count). The molecule has 26 heavy (non-hydrogen) atoms. The van der Waals surface area contributed by atoms with Crippen LogP contribution in [0.25, 0.3) is 28.1 Å². The van der Waals surface area contributed by atoms with E-state index in [2.05, 4.69) is 4.98 Å². The van der Waals surface area contributed by atoms with E-state index in [-0.39, 0.29) is 5.56 Å². The Balaban J connectivity index is 2.14. The zero-order valence-corrected chi connectivity index (χ0v) is 15.3. The number of fused-ring (bicyclic) bond motifs is 1. The average Bonchev–Trinajstić information content (AvgIpc) is 2.62. The van der Waals surface area contributed by atoms with Crippen LogP contribution in [0.4, 0.5) is 0 Å². The number of hydrogen-bond acceptors (Lipinski definition) is 3. The van der Waals surface area contributed by atoms with Gasteiger partial charge in [-0.05, 0) is 49.4 Å². The second-order valence-electron chi connectivity index (χ2n) is 5.85. The molecule has 0 spiro atoms. The molecule has 4 aromatic rings. The third kappa shape index (κ3) is 2.87. The molecule has 6 heteroatoms. The van der Waals surface area contributed by atoms with Crippen molar-refractivity contribution in [2.24, 2.45) is 0 Å². The number of benzene rings is 2. The van der Waals surface area contributed by atoms with Crippen LogP contribution in [0.1, 0.15) is 5.69 Å². The lowest BCUT2D eigenvalue weighted by atomic mass is 10.1. The maximum Gasteiger partial charge on any atom is 0.267 e. The van der Waals surface area contributed by atoms with E-state index in [4.69, 9.17) is 28.2 Å². The molecule has 0 radical (unpaired) electrons. The number of halogens is 2. The van der Waals surface area contributed by atoms with Crippen molar-refractivity contribution >= 4 is 34.1 Å². The first-order valence-electron chi connectivity index (χ1n) is 7.96. The lowest BCUT2D eigenvalue weighted by Gasteiger charge is -2.14. The van der Waals surface area contributed by atoms with Gasteiger partial charge in [0.1, 0.15) is 5.82 Å². The van der Waals surface area contributed by atoms with Gasteiger partial charge in [0, 0.05) is 16.3 Å². The lowest BCUT2D eigenvalue weighted by molar-refractivity contribution is 0.922. The highest BCUT2D eigenvalue weighted by Crippen LogP contribution is 2.30. The van der Waals surface area contributed by atoms with Crippen molar-refractivity contribution in [3.05, 3.63) is 86.8 Å². The lowest BCUT2D eigenvalue weighted by Crippen LogP contribution is -2.23. The van der Waals surface area contributed by atoms with Crippen LogP contribution in [-0.4, -0.2) is 14.5 Å². The van der Waals surface area contributed by atoms with Crippen molar-refractivity contribution < 1.29 is 0 Å². The Morgan fingerprint density at radius 3 is 2.50 bits per heavy atom. The molecule has 0 fully saturated rings. The summed E-state index contributed by atoms with van der Waals surface area (Å²) in [7, 11) is 0. The first-order valence-corrected chi connectivity index (χ1v) is 8.71. The molecule has 0 aliphatic rings. The van der Waals surface area contributed by atoms with Crippen LogP contribution in [0.3, 0.4) is 0 Å². The Morgan fingerprint density at radius 1 is 0.923 bits per heavy atom. The Labute approximate surface area is 159 Å². The summed E-state index contributed by atoms with van der Waals surface area (Å²) < 4.78 is 1.49. The van der Waals surface area contributed by atoms with Gasteiger partial charge in [0.2, 0.25) is 0 Å². The molecule has 0 bridgehead atoms. The fourth-order valence-electron chi connectivity index (χ4n) is 2.85. The van der Waals surface area contributed by atoms with Crippen molar-refractivity contribution in [3.8, 4) is 17.2 Å². The molecule has 0 aliphatic carbocycles. The number of para-hydroxylation sites is 1. The van der Waals surface area contributed by atoms with E-state index < -0.39 is 0 Å². The number of nitrogens with zero attached hydrogens (tertiary/aromatic N) is 3. The molecule has 2 aromatic heterocycles. The summed E-state index contributed by atoms with van der Waals surface area (Å²) in [6.45, 7) is 1.87. The normalized spacial score (nSPS) is 11.0. The van der Waals surface area contributed by atoms with Gasteiger partial charge in [0.25, 0.3) is 5.56 Å². The van der Waals surface area contributed by atoms with E-state index in [0.717, 1.165) is 5.69 Å². The van der Waals surface area contributed by atoms with Crippen molar-refractivity contribution in [2.45, 2.75) is 6.92 Å². The summed E-state index contributed by atoms with van der Waals surface area (Å²) in [5.74, 6) is 0.919. The zero-order valence-electron chi connectivity index (χ0n) is 13.8. The minimum atomic E-state index is -0.199. The van der Waals surface area contributed by atoms with E-state index in [1.54, 1.807) is 36.4 Å². The summed E-state index contributed by atoms with van der Waals surface area (Å²) in [6.07, 6.45) is 0. The molecule has 0 saturated carbocycles. The van der Waals surface area contributed by atoms with E-state index in [1.807, 2.05) is 31.2 Å². The van der Waals surface area contributed by atoms with Gasteiger partial charge in [-0.2, -0.15) is 0 Å². The van der Waals surface area contributed by atoms with Crippen molar-refractivity contribution in [2.75, 3.05) is 0 Å². The van der Waals surface area contributed by atoms with Crippen LogP contribution in [0.15, 0.2) is 65.5 Å². The predicted molar refractivity (Wildman–Crippen MR) is 105 cm³/mol. The molecule has 4 nitrogen and oxygen atoms in total. The third-order valence-electron chi connectivity index (χ3n) is 4.05. The van der Waals surface area contributed by atoms with Gasteiger partial charge in [-0.25, -0.2) is 14.5 Å². The van der Waals surface area contributed by atoms with Crippen molar-refractivity contribution in [3.63, 3.8) is 0 Å². The van der Waals surface area contributed by atoms with Crippen LogP contribution in [0.5, 0.6) is 0 Å². The van der Waals surface area contributed by atoms with E-state index in [0.29, 0.717) is 38.2 Å². The van der Waals surface area contributed by atoms with Gasteiger partial charge >= 0.3 is 0 Å². The summed E-state index contributed by atoms with van der Waals surface area (Å²) in [6, 6.07) is 17.8. The highest BCUT2D eigenvalue weighted by molar-refractivity contribution is 6.36. The fourth-order valence-corrected chi connectivity index (χ4v) is 3.34. The Kier molecular flexibility index (Phi) is 4.23. The maximum atomic E-state index is 13.2. The number of rotatable bonds is 2. The minimum absolute atomic E-state index is 0.199. The van der Waals surface area contributed by atoms with Crippen LogP contribution in [0, 0.1) is 6.92 Å². The van der Waals surface area contributed by atoms with Gasteiger partial charge in [0.05, 0.1) is 15.9 Å². The average molecular weight is 382 g/mol. The topological polar surface area (TPSA) is 47.8 Å². The quantitative estimate of drug-likeness (QED) is 0.487. The second kappa shape index (κ2) is 6.56. The summed E-state index contributed by atoms with van der Waals surface area (Å²) in [4.78, 5) is 22.4. The van der Waals surface area contributed by atoms with Gasteiger partial charge in [-0.15, -0.1) is 0 Å². The molecule has 0 N–H and O–H groups in total. The summed E-state index contributed by atoms with van der Waals surface area (Å²) in [5, 5.41) is 1.45. The maximum absolute atomic E-state index is 13.2. The molecular weight excluding hydrogens is 369 g/mol. The van der Waals surface area contributed by atoms with Gasteiger partial charge in [-0.3, -0.25) is 4.79 Å². The van der Waals surface area contributed by atoms with Crippen LogP contribution < -0.4 is 5.56 Å². The largest absolute Gasteiger partial charge is 0.268 e.